The Morgan fingerprint density at radius 3 is 2.75 bits per heavy atom. The van der Waals surface area contributed by atoms with E-state index in [2.05, 4.69) is 9.97 Å². The molecule has 2 aromatic heterocycles. The normalized spacial score (nSPS) is 11.3. The van der Waals surface area contributed by atoms with Crippen LogP contribution in [-0.2, 0) is 9.53 Å². The van der Waals surface area contributed by atoms with Crippen LogP contribution in [0.15, 0.2) is 24.1 Å². The number of ether oxygens (including phenoxy) is 1. The third-order valence-electron chi connectivity index (χ3n) is 2.23. The van der Waals surface area contributed by atoms with Crippen LogP contribution in [0.5, 0.6) is 0 Å². The average molecular weight is 293 g/mol. The highest BCUT2D eigenvalue weighted by molar-refractivity contribution is 7.12. The van der Waals surface area contributed by atoms with E-state index in [-0.39, 0.29) is 17.9 Å². The number of Topliss-reactive ketones (excluding diaryl/α,β-unsaturated/α-hetero) is 1. The van der Waals surface area contributed by atoms with Crippen molar-refractivity contribution in [3.8, 4) is 5.13 Å². The molecule has 0 aliphatic heterocycles. The Labute approximate surface area is 120 Å². The third-order valence-corrected chi connectivity index (χ3v) is 3.08. The van der Waals surface area contributed by atoms with Gasteiger partial charge in [0.15, 0.2) is 10.9 Å². The van der Waals surface area contributed by atoms with Crippen LogP contribution in [0.2, 0.25) is 0 Å². The lowest BCUT2D eigenvalue weighted by Gasteiger charge is -2.18. The number of aromatic nitrogens is 3. The zero-order valence-electron chi connectivity index (χ0n) is 11.5. The van der Waals surface area contributed by atoms with E-state index >= 15 is 0 Å². The number of carbonyl (C=O) groups is 2. The van der Waals surface area contributed by atoms with Crippen molar-refractivity contribution in [2.75, 3.05) is 0 Å². The SMILES string of the molecule is CC(C)(C)OC(=O)CC(=O)c1csc(-n2ccnc2)n1. The van der Waals surface area contributed by atoms with Gasteiger partial charge in [-0.1, -0.05) is 0 Å². The van der Waals surface area contributed by atoms with Crippen LogP contribution >= 0.6 is 11.3 Å². The fourth-order valence-corrected chi connectivity index (χ4v) is 2.26. The number of hydrogen-bond donors (Lipinski definition) is 0. The van der Waals surface area contributed by atoms with Gasteiger partial charge in [0, 0.05) is 17.8 Å². The average Bonchev–Trinajstić information content (AvgIpc) is 2.97. The Morgan fingerprint density at radius 2 is 2.15 bits per heavy atom. The maximum Gasteiger partial charge on any atom is 0.314 e. The van der Waals surface area contributed by atoms with Gasteiger partial charge in [-0.15, -0.1) is 11.3 Å². The van der Waals surface area contributed by atoms with Crippen LogP contribution in [-0.4, -0.2) is 31.9 Å². The molecular formula is C13H15N3O3S. The first-order chi connectivity index (χ1) is 9.35. The minimum Gasteiger partial charge on any atom is -0.460 e. The number of rotatable bonds is 4. The summed E-state index contributed by atoms with van der Waals surface area (Å²) in [5, 5.41) is 2.26. The molecule has 106 valence electrons. The molecule has 0 aliphatic carbocycles. The lowest BCUT2D eigenvalue weighted by atomic mass is 10.2. The molecule has 0 atom stereocenters. The van der Waals surface area contributed by atoms with E-state index in [9.17, 15) is 9.59 Å². The Balaban J connectivity index is 2.02. The molecule has 0 N–H and O–H groups in total. The van der Waals surface area contributed by atoms with Gasteiger partial charge in [-0.25, -0.2) is 9.97 Å². The molecule has 0 radical (unpaired) electrons. The molecule has 0 fully saturated rings. The molecular weight excluding hydrogens is 278 g/mol. The molecule has 0 saturated heterocycles. The molecule has 0 amide bonds. The molecule has 0 bridgehead atoms. The highest BCUT2D eigenvalue weighted by atomic mass is 32.1. The summed E-state index contributed by atoms with van der Waals surface area (Å²) in [6.45, 7) is 5.28. The van der Waals surface area contributed by atoms with Crippen LogP contribution in [0.3, 0.4) is 0 Å². The molecule has 2 heterocycles. The van der Waals surface area contributed by atoms with Crippen LogP contribution < -0.4 is 0 Å². The molecule has 7 heteroatoms. The lowest BCUT2D eigenvalue weighted by Crippen LogP contribution is -2.25. The van der Waals surface area contributed by atoms with Crippen molar-refractivity contribution in [3.05, 3.63) is 29.8 Å². The van der Waals surface area contributed by atoms with Gasteiger partial charge in [0.05, 0.1) is 0 Å². The third kappa shape index (κ3) is 3.74. The Kier molecular flexibility index (Phi) is 3.99. The maximum absolute atomic E-state index is 11.9. The second kappa shape index (κ2) is 5.54. The molecule has 0 aliphatic rings. The standard InChI is InChI=1S/C13H15N3O3S/c1-13(2,3)19-11(18)6-10(17)9-7-20-12(15-9)16-5-4-14-8-16/h4-5,7-8H,6H2,1-3H3. The quantitative estimate of drug-likeness (QED) is 0.491. The van der Waals surface area contributed by atoms with E-state index in [0.29, 0.717) is 5.13 Å². The largest absolute Gasteiger partial charge is 0.460 e. The van der Waals surface area contributed by atoms with E-state index in [1.165, 1.54) is 11.3 Å². The first-order valence-corrected chi connectivity index (χ1v) is 6.92. The zero-order valence-corrected chi connectivity index (χ0v) is 12.3. The number of esters is 1. The van der Waals surface area contributed by atoms with Crippen molar-refractivity contribution in [3.63, 3.8) is 0 Å². The molecule has 6 nitrogen and oxygen atoms in total. The fraction of sp³-hybridized carbons (Fsp3) is 0.385. The Bertz CT molecular complexity index is 611. The summed E-state index contributed by atoms with van der Waals surface area (Å²) < 4.78 is 6.81. The van der Waals surface area contributed by atoms with E-state index in [4.69, 9.17) is 4.74 Å². The van der Waals surface area contributed by atoms with Crippen molar-refractivity contribution < 1.29 is 14.3 Å². The predicted octanol–water partition coefficient (Wildman–Crippen LogP) is 2.24. The van der Waals surface area contributed by atoms with Gasteiger partial charge in [0.1, 0.15) is 24.0 Å². The summed E-state index contributed by atoms with van der Waals surface area (Å²) in [6, 6.07) is 0. The van der Waals surface area contributed by atoms with Gasteiger partial charge in [-0.05, 0) is 20.8 Å². The van der Waals surface area contributed by atoms with Crippen molar-refractivity contribution >= 4 is 23.1 Å². The van der Waals surface area contributed by atoms with Crippen molar-refractivity contribution in [1.82, 2.24) is 14.5 Å². The molecule has 0 spiro atoms. The van der Waals surface area contributed by atoms with Crippen LogP contribution in [0, 0.1) is 0 Å². The van der Waals surface area contributed by atoms with Crippen LogP contribution in [0.1, 0.15) is 37.7 Å². The molecule has 2 rings (SSSR count). The highest BCUT2D eigenvalue weighted by Gasteiger charge is 2.21. The second-order valence-corrected chi connectivity index (χ2v) is 6.01. The van der Waals surface area contributed by atoms with Gasteiger partial charge >= 0.3 is 5.97 Å². The number of imidazole rings is 1. The summed E-state index contributed by atoms with van der Waals surface area (Å²) in [6.07, 6.45) is 4.66. The number of carbonyl (C=O) groups excluding carboxylic acids is 2. The van der Waals surface area contributed by atoms with Gasteiger partial charge in [-0.2, -0.15) is 0 Å². The molecule has 0 saturated carbocycles. The van der Waals surface area contributed by atoms with Gasteiger partial charge < -0.3 is 4.74 Å². The zero-order chi connectivity index (χ0) is 14.8. The molecule has 0 unspecified atom stereocenters. The number of thiazole rings is 1. The minimum atomic E-state index is -0.596. The first kappa shape index (κ1) is 14.4. The summed E-state index contributed by atoms with van der Waals surface area (Å²) in [5.41, 5.74) is -0.328. The fourth-order valence-electron chi connectivity index (χ4n) is 1.48. The van der Waals surface area contributed by atoms with Gasteiger partial charge in [-0.3, -0.25) is 14.2 Å². The monoisotopic (exact) mass is 293 g/mol. The molecule has 2 aromatic rings. The highest BCUT2D eigenvalue weighted by Crippen LogP contribution is 2.16. The van der Waals surface area contributed by atoms with E-state index < -0.39 is 11.6 Å². The minimum absolute atomic E-state index is 0.268. The molecule has 0 aromatic carbocycles. The summed E-state index contributed by atoms with van der Waals surface area (Å²) in [4.78, 5) is 31.6. The van der Waals surface area contributed by atoms with Crippen molar-refractivity contribution in [2.45, 2.75) is 32.8 Å². The summed E-state index contributed by atoms with van der Waals surface area (Å²) >= 11 is 1.31. The summed E-state index contributed by atoms with van der Waals surface area (Å²) in [5.74, 6) is -0.887. The Morgan fingerprint density at radius 1 is 1.40 bits per heavy atom. The number of hydrogen-bond acceptors (Lipinski definition) is 6. The van der Waals surface area contributed by atoms with Gasteiger partial charge in [0.25, 0.3) is 0 Å². The summed E-state index contributed by atoms with van der Waals surface area (Å²) in [7, 11) is 0. The smallest absolute Gasteiger partial charge is 0.314 e. The van der Waals surface area contributed by atoms with E-state index in [1.54, 1.807) is 49.4 Å². The number of ketones is 1. The van der Waals surface area contributed by atoms with Gasteiger partial charge in [0.2, 0.25) is 0 Å². The van der Waals surface area contributed by atoms with Crippen molar-refractivity contribution in [1.29, 1.82) is 0 Å². The topological polar surface area (TPSA) is 74.1 Å². The predicted molar refractivity (Wildman–Crippen MR) is 74.0 cm³/mol. The van der Waals surface area contributed by atoms with E-state index in [0.717, 1.165) is 0 Å². The van der Waals surface area contributed by atoms with Crippen LogP contribution in [0.4, 0.5) is 0 Å². The number of nitrogens with zero attached hydrogens (tertiary/aromatic N) is 3. The second-order valence-electron chi connectivity index (χ2n) is 5.17. The van der Waals surface area contributed by atoms with Crippen molar-refractivity contribution in [2.24, 2.45) is 0 Å². The lowest BCUT2D eigenvalue weighted by molar-refractivity contribution is -0.153. The van der Waals surface area contributed by atoms with Crippen LogP contribution in [0.25, 0.3) is 5.13 Å². The molecule has 20 heavy (non-hydrogen) atoms. The maximum atomic E-state index is 11.9. The first-order valence-electron chi connectivity index (χ1n) is 6.04. The van der Waals surface area contributed by atoms with E-state index in [1.807, 2.05) is 0 Å². The Hall–Kier alpha value is -2.02.